The molecule has 0 unspecified atom stereocenters. The number of ketones is 1. The molecule has 230 valence electrons. The SMILES string of the molecule is CCC(=O)c1c(-c2ccc(C)cc2)oc2cc(N(C)S(C)(=O)=O)c(-c3cnc4c(c3)C(=O)N(Cc3ccc(F)cc3)CC4)cc12. The predicted octanol–water partition coefficient (Wildman–Crippen LogP) is 6.80. The molecule has 1 aliphatic rings. The fourth-order valence-electron chi connectivity index (χ4n) is 5.66. The highest BCUT2D eigenvalue weighted by Gasteiger charge is 2.29. The van der Waals surface area contributed by atoms with E-state index in [0.717, 1.165) is 27.3 Å². The van der Waals surface area contributed by atoms with Gasteiger partial charge in [0.1, 0.15) is 17.2 Å². The molecule has 3 aromatic carbocycles. The summed E-state index contributed by atoms with van der Waals surface area (Å²) >= 11 is 0. The number of rotatable bonds is 8. The number of benzene rings is 3. The number of carbonyl (C=O) groups excluding carboxylic acids is 2. The molecule has 10 heteroatoms. The summed E-state index contributed by atoms with van der Waals surface area (Å²) in [6.07, 6.45) is 3.51. The molecule has 45 heavy (non-hydrogen) atoms. The molecule has 3 heterocycles. The van der Waals surface area contributed by atoms with Gasteiger partial charge in [-0.05, 0) is 36.8 Å². The topological polar surface area (TPSA) is 101 Å². The van der Waals surface area contributed by atoms with E-state index in [9.17, 15) is 22.4 Å². The zero-order valence-corrected chi connectivity index (χ0v) is 26.2. The van der Waals surface area contributed by atoms with Gasteiger partial charge < -0.3 is 9.32 Å². The number of carbonyl (C=O) groups is 2. The van der Waals surface area contributed by atoms with E-state index in [1.165, 1.54) is 19.2 Å². The Morgan fingerprint density at radius 3 is 2.40 bits per heavy atom. The maximum Gasteiger partial charge on any atom is 0.256 e. The van der Waals surface area contributed by atoms with Gasteiger partial charge in [-0.3, -0.25) is 18.9 Å². The van der Waals surface area contributed by atoms with E-state index in [4.69, 9.17) is 4.42 Å². The number of sulfonamides is 1. The number of hydrogen-bond acceptors (Lipinski definition) is 6. The molecular weight excluding hydrogens is 593 g/mol. The second-order valence-corrected chi connectivity index (χ2v) is 13.4. The number of furan rings is 1. The van der Waals surface area contributed by atoms with E-state index in [-0.39, 0.29) is 23.9 Å². The van der Waals surface area contributed by atoms with Crippen molar-refractivity contribution >= 4 is 38.4 Å². The van der Waals surface area contributed by atoms with Crippen LogP contribution in [0.5, 0.6) is 0 Å². The largest absolute Gasteiger partial charge is 0.455 e. The number of nitrogens with zero attached hydrogens (tertiary/aromatic N) is 3. The first-order valence-corrected chi connectivity index (χ1v) is 16.5. The predicted molar refractivity (Wildman–Crippen MR) is 172 cm³/mol. The quantitative estimate of drug-likeness (QED) is 0.176. The van der Waals surface area contributed by atoms with Gasteiger partial charge in [0.05, 0.1) is 28.8 Å². The van der Waals surface area contributed by atoms with Crippen LogP contribution < -0.4 is 4.31 Å². The minimum Gasteiger partial charge on any atom is -0.455 e. The Bertz CT molecular complexity index is 2070. The number of amides is 1. The van der Waals surface area contributed by atoms with Crippen LogP contribution in [0.4, 0.5) is 10.1 Å². The van der Waals surface area contributed by atoms with Crippen molar-refractivity contribution in [2.75, 3.05) is 24.2 Å². The molecule has 6 rings (SSSR count). The number of aromatic nitrogens is 1. The summed E-state index contributed by atoms with van der Waals surface area (Å²) in [5.41, 5.74) is 5.75. The number of anilines is 1. The van der Waals surface area contributed by atoms with E-state index >= 15 is 0 Å². The highest BCUT2D eigenvalue weighted by Crippen LogP contribution is 2.42. The molecular formula is C35H32FN3O5S. The number of halogens is 1. The van der Waals surface area contributed by atoms with Crippen LogP contribution in [-0.4, -0.2) is 49.8 Å². The third-order valence-corrected chi connectivity index (χ3v) is 9.45. The van der Waals surface area contributed by atoms with E-state index in [0.29, 0.717) is 69.9 Å². The van der Waals surface area contributed by atoms with Crippen molar-refractivity contribution in [2.45, 2.75) is 33.2 Å². The highest BCUT2D eigenvalue weighted by atomic mass is 32.2. The Balaban J connectivity index is 1.51. The summed E-state index contributed by atoms with van der Waals surface area (Å²) in [6.45, 7) is 4.53. The lowest BCUT2D eigenvalue weighted by Crippen LogP contribution is -2.37. The second-order valence-electron chi connectivity index (χ2n) is 11.4. The van der Waals surface area contributed by atoms with E-state index in [1.807, 2.05) is 31.2 Å². The summed E-state index contributed by atoms with van der Waals surface area (Å²) in [6, 6.07) is 18.8. The molecule has 5 aromatic rings. The Hall–Kier alpha value is -4.83. The lowest BCUT2D eigenvalue weighted by molar-refractivity contribution is 0.0725. The highest BCUT2D eigenvalue weighted by molar-refractivity contribution is 7.92. The monoisotopic (exact) mass is 625 g/mol. The summed E-state index contributed by atoms with van der Waals surface area (Å²) in [7, 11) is -2.26. The minimum absolute atomic E-state index is 0.116. The second kappa shape index (κ2) is 11.6. The van der Waals surface area contributed by atoms with Gasteiger partial charge >= 0.3 is 0 Å². The maximum absolute atomic E-state index is 13.7. The number of pyridine rings is 1. The van der Waals surface area contributed by atoms with Crippen molar-refractivity contribution in [2.24, 2.45) is 0 Å². The third kappa shape index (κ3) is 5.73. The summed E-state index contributed by atoms with van der Waals surface area (Å²) in [4.78, 5) is 33.4. The van der Waals surface area contributed by atoms with Gasteiger partial charge in [0.25, 0.3) is 5.91 Å². The first-order chi connectivity index (χ1) is 21.4. The number of aryl methyl sites for hydroxylation is 1. The van der Waals surface area contributed by atoms with Gasteiger partial charge in [0.15, 0.2) is 5.78 Å². The van der Waals surface area contributed by atoms with Crippen molar-refractivity contribution in [3.05, 3.63) is 107 Å². The zero-order valence-electron chi connectivity index (χ0n) is 25.4. The molecule has 0 bridgehead atoms. The van der Waals surface area contributed by atoms with Crippen LogP contribution in [0, 0.1) is 12.7 Å². The van der Waals surface area contributed by atoms with E-state index in [2.05, 4.69) is 4.98 Å². The first kappa shape index (κ1) is 30.2. The summed E-state index contributed by atoms with van der Waals surface area (Å²) in [5, 5.41) is 0.542. The fourth-order valence-corrected chi connectivity index (χ4v) is 6.17. The molecule has 0 N–H and O–H groups in total. The molecule has 8 nitrogen and oxygen atoms in total. The molecule has 1 aliphatic heterocycles. The normalized spacial score (nSPS) is 13.3. The molecule has 0 radical (unpaired) electrons. The standard InChI is InChI=1S/C35H32FN3O5S/c1-5-31(40)33-28-17-26(30(38(3)45(4,42)43)18-32(28)44-34(33)23-10-6-21(2)7-11-23)24-16-27-29(37-19-24)14-15-39(35(27)41)20-22-8-12-25(36)13-9-22/h6-13,16-19H,5,14-15,20H2,1-4H3. The lowest BCUT2D eigenvalue weighted by atomic mass is 9.95. The fraction of sp³-hybridized carbons (Fsp3) is 0.229. The molecule has 0 saturated heterocycles. The third-order valence-electron chi connectivity index (χ3n) is 8.26. The average molecular weight is 626 g/mol. The van der Waals surface area contributed by atoms with Crippen molar-refractivity contribution in [3.63, 3.8) is 0 Å². The van der Waals surface area contributed by atoms with Gasteiger partial charge in [-0.25, -0.2) is 12.8 Å². The first-order valence-electron chi connectivity index (χ1n) is 14.6. The zero-order chi connectivity index (χ0) is 32.0. The molecule has 0 saturated carbocycles. The van der Waals surface area contributed by atoms with Crippen LogP contribution in [0.15, 0.2) is 77.3 Å². The van der Waals surface area contributed by atoms with Gasteiger partial charge in [0.2, 0.25) is 10.0 Å². The number of hydrogen-bond donors (Lipinski definition) is 0. The summed E-state index contributed by atoms with van der Waals surface area (Å²) in [5.74, 6) is -0.269. The van der Waals surface area contributed by atoms with Crippen LogP contribution in [-0.2, 0) is 23.0 Å². The van der Waals surface area contributed by atoms with E-state index in [1.54, 1.807) is 48.4 Å². The molecule has 1 amide bonds. The lowest BCUT2D eigenvalue weighted by Gasteiger charge is -2.28. The minimum atomic E-state index is -3.71. The molecule has 0 aliphatic carbocycles. The van der Waals surface area contributed by atoms with Crippen LogP contribution in [0.1, 0.15) is 50.9 Å². The van der Waals surface area contributed by atoms with Gasteiger partial charge in [-0.15, -0.1) is 0 Å². The van der Waals surface area contributed by atoms with Crippen LogP contribution in [0.25, 0.3) is 33.4 Å². The Labute approximate surface area is 261 Å². The van der Waals surface area contributed by atoms with Crippen LogP contribution in [0.3, 0.4) is 0 Å². The number of Topliss-reactive ketones (excluding diaryl/α,β-unsaturated/α-hetero) is 1. The van der Waals surface area contributed by atoms with Crippen LogP contribution >= 0.6 is 0 Å². The molecule has 0 spiro atoms. The number of fused-ring (bicyclic) bond motifs is 2. The van der Waals surface area contributed by atoms with Crippen molar-refractivity contribution < 1.29 is 26.8 Å². The van der Waals surface area contributed by atoms with E-state index < -0.39 is 10.0 Å². The molecule has 2 aromatic heterocycles. The molecule has 0 fully saturated rings. The Morgan fingerprint density at radius 2 is 1.73 bits per heavy atom. The van der Waals surface area contributed by atoms with Gasteiger partial charge in [-0.1, -0.05) is 48.9 Å². The maximum atomic E-state index is 13.7. The summed E-state index contributed by atoms with van der Waals surface area (Å²) < 4.78 is 46.5. The van der Waals surface area contributed by atoms with Gasteiger partial charge in [0, 0.05) is 67.3 Å². The smallest absolute Gasteiger partial charge is 0.256 e. The van der Waals surface area contributed by atoms with Crippen molar-refractivity contribution in [1.82, 2.24) is 9.88 Å². The molecule has 0 atom stereocenters. The Morgan fingerprint density at radius 1 is 1.02 bits per heavy atom. The van der Waals surface area contributed by atoms with Gasteiger partial charge in [-0.2, -0.15) is 0 Å². The van der Waals surface area contributed by atoms with Crippen LogP contribution in [0.2, 0.25) is 0 Å². The van der Waals surface area contributed by atoms with Crippen molar-refractivity contribution in [3.8, 4) is 22.5 Å². The Kier molecular flexibility index (Phi) is 7.78. The average Bonchev–Trinajstić information content (AvgIpc) is 3.40. The van der Waals surface area contributed by atoms with Crippen molar-refractivity contribution in [1.29, 1.82) is 0 Å².